The topological polar surface area (TPSA) is 62.2 Å². The van der Waals surface area contributed by atoms with Crippen LogP contribution in [0.3, 0.4) is 0 Å². The van der Waals surface area contributed by atoms with E-state index < -0.39 is 11.4 Å². The van der Waals surface area contributed by atoms with Gasteiger partial charge in [-0.1, -0.05) is 6.42 Å². The van der Waals surface area contributed by atoms with Crippen molar-refractivity contribution in [3.8, 4) is 0 Å². The zero-order chi connectivity index (χ0) is 12.6. The van der Waals surface area contributed by atoms with Crippen molar-refractivity contribution in [1.29, 1.82) is 0 Å². The highest BCUT2D eigenvalue weighted by molar-refractivity contribution is 7.17. The molecular weight excluding hydrogens is 248 g/mol. The molecule has 1 fully saturated rings. The van der Waals surface area contributed by atoms with Gasteiger partial charge in [-0.25, -0.2) is 4.98 Å². The van der Waals surface area contributed by atoms with Crippen LogP contribution in [0.5, 0.6) is 0 Å². The van der Waals surface area contributed by atoms with Gasteiger partial charge in [-0.2, -0.15) is 0 Å². The molecule has 94 valence electrons. The maximum atomic E-state index is 11.3. The van der Waals surface area contributed by atoms with E-state index in [0.717, 1.165) is 30.5 Å². The van der Waals surface area contributed by atoms with Gasteiger partial charge in [-0.05, 0) is 30.4 Å². The number of carboxylic acid groups (broad SMARTS) is 1. The van der Waals surface area contributed by atoms with Gasteiger partial charge in [-0.3, -0.25) is 4.79 Å². The summed E-state index contributed by atoms with van der Waals surface area (Å²) in [5, 5.41) is 15.6. The number of aromatic nitrogens is 1. The van der Waals surface area contributed by atoms with Crippen molar-refractivity contribution in [2.45, 2.75) is 19.3 Å². The molecule has 2 aromatic rings. The first-order valence-corrected chi connectivity index (χ1v) is 6.89. The summed E-state index contributed by atoms with van der Waals surface area (Å²) in [5.41, 5.74) is -0.583. The van der Waals surface area contributed by atoms with Crippen LogP contribution >= 0.6 is 11.3 Å². The zero-order valence-electron chi connectivity index (χ0n) is 9.85. The second kappa shape index (κ2) is 4.24. The summed E-state index contributed by atoms with van der Waals surface area (Å²) >= 11 is 1.66. The molecule has 0 saturated heterocycles. The number of nitrogens with zero attached hydrogens (tertiary/aromatic N) is 1. The van der Waals surface area contributed by atoms with Crippen LogP contribution in [0.2, 0.25) is 0 Å². The summed E-state index contributed by atoms with van der Waals surface area (Å²) in [6.07, 6.45) is 4.28. The fourth-order valence-electron chi connectivity index (χ4n) is 2.36. The smallest absolute Gasteiger partial charge is 0.311 e. The lowest BCUT2D eigenvalue weighted by Gasteiger charge is -2.37. The van der Waals surface area contributed by atoms with E-state index in [1.807, 2.05) is 17.5 Å². The van der Waals surface area contributed by atoms with E-state index in [0.29, 0.717) is 6.54 Å². The number of hydrogen-bond donors (Lipinski definition) is 2. The maximum Gasteiger partial charge on any atom is 0.311 e. The van der Waals surface area contributed by atoms with Crippen LogP contribution in [0.15, 0.2) is 23.7 Å². The van der Waals surface area contributed by atoms with Gasteiger partial charge >= 0.3 is 5.97 Å². The Morgan fingerprint density at radius 2 is 2.33 bits per heavy atom. The average Bonchev–Trinajstić information content (AvgIpc) is 2.75. The number of thiophene rings is 1. The van der Waals surface area contributed by atoms with Crippen molar-refractivity contribution in [3.05, 3.63) is 23.7 Å². The first kappa shape index (κ1) is 11.5. The van der Waals surface area contributed by atoms with Crippen molar-refractivity contribution in [2.75, 3.05) is 11.9 Å². The largest absolute Gasteiger partial charge is 0.481 e. The highest BCUT2D eigenvalue weighted by Crippen LogP contribution is 2.41. The van der Waals surface area contributed by atoms with Gasteiger partial charge in [0, 0.05) is 22.8 Å². The minimum absolute atomic E-state index is 0.463. The highest BCUT2D eigenvalue weighted by atomic mass is 32.1. The highest BCUT2D eigenvalue weighted by Gasteiger charge is 2.44. The lowest BCUT2D eigenvalue weighted by Crippen LogP contribution is -2.43. The van der Waals surface area contributed by atoms with Crippen LogP contribution in [-0.4, -0.2) is 22.6 Å². The second-order valence-corrected chi connectivity index (χ2v) is 5.73. The first-order valence-electron chi connectivity index (χ1n) is 6.01. The first-order chi connectivity index (χ1) is 8.71. The van der Waals surface area contributed by atoms with Gasteiger partial charge in [0.2, 0.25) is 0 Å². The van der Waals surface area contributed by atoms with Crippen molar-refractivity contribution >= 4 is 33.2 Å². The summed E-state index contributed by atoms with van der Waals surface area (Å²) in [6.45, 7) is 0.463. The van der Waals surface area contributed by atoms with Crippen LogP contribution in [0.25, 0.3) is 10.1 Å². The summed E-state index contributed by atoms with van der Waals surface area (Å²) in [6, 6.07) is 3.99. The Morgan fingerprint density at radius 3 is 3.00 bits per heavy atom. The van der Waals surface area contributed by atoms with E-state index in [-0.39, 0.29) is 0 Å². The second-order valence-electron chi connectivity index (χ2n) is 4.78. The SMILES string of the molecule is O=C(O)C1(CNc2nccc3sccc23)CCC1. The molecule has 0 atom stereocenters. The molecule has 4 nitrogen and oxygen atoms in total. The molecule has 0 aliphatic heterocycles. The zero-order valence-corrected chi connectivity index (χ0v) is 10.7. The Bertz CT molecular complexity index is 589. The summed E-state index contributed by atoms with van der Waals surface area (Å²) < 4.78 is 1.17. The summed E-state index contributed by atoms with van der Waals surface area (Å²) in [7, 11) is 0. The number of carbonyl (C=O) groups is 1. The van der Waals surface area contributed by atoms with Crippen LogP contribution in [-0.2, 0) is 4.79 Å². The molecule has 0 radical (unpaired) electrons. The molecule has 1 aliphatic rings. The number of pyridine rings is 1. The molecule has 0 unspecified atom stereocenters. The standard InChI is InChI=1S/C13H14N2O2S/c16-12(17)13(4-1-5-13)8-15-11-9-3-7-18-10(9)2-6-14-11/h2-3,6-7H,1,4-5,8H2,(H,14,15)(H,16,17). The van der Waals surface area contributed by atoms with E-state index >= 15 is 0 Å². The summed E-state index contributed by atoms with van der Waals surface area (Å²) in [5.74, 6) is 0.0972. The molecule has 5 heteroatoms. The molecule has 3 rings (SSSR count). The molecule has 2 N–H and O–H groups in total. The van der Waals surface area contributed by atoms with Crippen LogP contribution in [0.1, 0.15) is 19.3 Å². The van der Waals surface area contributed by atoms with Gasteiger partial charge in [0.25, 0.3) is 0 Å². The van der Waals surface area contributed by atoms with Crippen molar-refractivity contribution in [1.82, 2.24) is 4.98 Å². The molecule has 18 heavy (non-hydrogen) atoms. The lowest BCUT2D eigenvalue weighted by molar-refractivity contribution is -0.153. The number of nitrogens with one attached hydrogen (secondary N) is 1. The minimum Gasteiger partial charge on any atom is -0.481 e. The Labute approximate surface area is 109 Å². The molecule has 2 aromatic heterocycles. The van der Waals surface area contributed by atoms with Crippen LogP contribution in [0.4, 0.5) is 5.82 Å². The number of aliphatic carboxylic acids is 1. The third-order valence-electron chi connectivity index (χ3n) is 3.74. The van der Waals surface area contributed by atoms with Gasteiger partial charge in [0.15, 0.2) is 0 Å². The quantitative estimate of drug-likeness (QED) is 0.889. The minimum atomic E-state index is -0.696. The molecule has 1 saturated carbocycles. The third kappa shape index (κ3) is 1.75. The number of anilines is 1. The predicted molar refractivity (Wildman–Crippen MR) is 72.0 cm³/mol. The van der Waals surface area contributed by atoms with Crippen LogP contribution < -0.4 is 5.32 Å². The molecule has 2 heterocycles. The Kier molecular flexibility index (Phi) is 2.70. The summed E-state index contributed by atoms with van der Waals surface area (Å²) in [4.78, 5) is 15.6. The monoisotopic (exact) mass is 262 g/mol. The van der Waals surface area contributed by atoms with Crippen molar-refractivity contribution in [3.63, 3.8) is 0 Å². The van der Waals surface area contributed by atoms with Gasteiger partial charge in [0.1, 0.15) is 5.82 Å². The van der Waals surface area contributed by atoms with Crippen molar-refractivity contribution < 1.29 is 9.90 Å². The molecule has 0 bridgehead atoms. The number of fused-ring (bicyclic) bond motifs is 1. The fraction of sp³-hybridized carbons (Fsp3) is 0.385. The van der Waals surface area contributed by atoms with E-state index in [4.69, 9.17) is 0 Å². The molecule has 0 spiro atoms. The Hall–Kier alpha value is -1.62. The van der Waals surface area contributed by atoms with E-state index in [9.17, 15) is 9.90 Å². The predicted octanol–water partition coefficient (Wildman–Crippen LogP) is 2.96. The third-order valence-corrected chi connectivity index (χ3v) is 4.62. The molecule has 0 aromatic carbocycles. The van der Waals surface area contributed by atoms with Crippen molar-refractivity contribution in [2.24, 2.45) is 5.41 Å². The van der Waals surface area contributed by atoms with E-state index in [2.05, 4.69) is 10.3 Å². The van der Waals surface area contributed by atoms with E-state index in [1.165, 1.54) is 4.70 Å². The maximum absolute atomic E-state index is 11.3. The normalized spacial score (nSPS) is 17.3. The van der Waals surface area contributed by atoms with Crippen LogP contribution in [0, 0.1) is 5.41 Å². The van der Waals surface area contributed by atoms with Gasteiger partial charge in [0.05, 0.1) is 5.41 Å². The lowest BCUT2D eigenvalue weighted by atomic mass is 9.69. The number of hydrogen-bond acceptors (Lipinski definition) is 4. The van der Waals surface area contributed by atoms with Gasteiger partial charge < -0.3 is 10.4 Å². The number of rotatable bonds is 4. The Morgan fingerprint density at radius 1 is 1.50 bits per heavy atom. The average molecular weight is 262 g/mol. The Balaban J connectivity index is 1.81. The molecule has 0 amide bonds. The fourth-order valence-corrected chi connectivity index (χ4v) is 3.14. The molecular formula is C13H14N2O2S. The van der Waals surface area contributed by atoms with E-state index in [1.54, 1.807) is 17.5 Å². The molecule has 1 aliphatic carbocycles. The number of carboxylic acids is 1. The van der Waals surface area contributed by atoms with Gasteiger partial charge in [-0.15, -0.1) is 11.3 Å².